The van der Waals surface area contributed by atoms with Gasteiger partial charge in [0.15, 0.2) is 0 Å². The van der Waals surface area contributed by atoms with Crippen LogP contribution < -0.4 is 0 Å². The largest absolute Gasteiger partial charge is 0.344 e. The summed E-state index contributed by atoms with van der Waals surface area (Å²) in [5.41, 5.74) is 5.99. The molecular weight excluding hydrogens is 420 g/mol. The fraction of sp³-hybridized carbons (Fsp3) is 0.964. The number of aliphatic imine (C=N–C) groups is 1. The van der Waals surface area contributed by atoms with Gasteiger partial charge in [-0.15, -0.1) is 0 Å². The van der Waals surface area contributed by atoms with Crippen molar-refractivity contribution in [3.8, 4) is 0 Å². The van der Waals surface area contributed by atoms with Crippen LogP contribution in [0.3, 0.4) is 0 Å². The monoisotopic (exact) mass is 482 g/mol. The molecule has 2 nitrogen and oxygen atoms in total. The van der Waals surface area contributed by atoms with Gasteiger partial charge in [0, 0.05) is 12.3 Å². The lowest BCUT2D eigenvalue weighted by Crippen LogP contribution is -2.74. The lowest BCUT2D eigenvalue weighted by Gasteiger charge is -2.63. The summed E-state index contributed by atoms with van der Waals surface area (Å²) in [4.78, 5) is 4.92. The predicted molar refractivity (Wildman–Crippen MR) is 155 cm³/mol. The number of rotatable bonds is 15. The molecule has 0 N–H and O–H groups in total. The van der Waals surface area contributed by atoms with Gasteiger partial charge in [-0.3, -0.25) is 4.99 Å². The molecule has 32 heavy (non-hydrogen) atoms. The first-order chi connectivity index (χ1) is 14.6. The van der Waals surface area contributed by atoms with Gasteiger partial charge in [0.25, 0.3) is 0 Å². The second kappa shape index (κ2) is 13.8. The third kappa shape index (κ3) is 7.04. The van der Waals surface area contributed by atoms with Gasteiger partial charge in [-0.2, -0.15) is 0 Å². The van der Waals surface area contributed by atoms with E-state index in [4.69, 9.17) is 4.99 Å². The van der Waals surface area contributed by atoms with Crippen LogP contribution in [0, 0.1) is 5.92 Å². The molecule has 0 aromatic rings. The van der Waals surface area contributed by atoms with E-state index < -0.39 is 16.5 Å². The van der Waals surface area contributed by atoms with Gasteiger partial charge < -0.3 is 4.23 Å². The Labute approximate surface area is 206 Å². The van der Waals surface area contributed by atoms with Crippen molar-refractivity contribution < 1.29 is 0 Å². The van der Waals surface area contributed by atoms with Crippen molar-refractivity contribution in [2.24, 2.45) is 10.9 Å². The van der Waals surface area contributed by atoms with Crippen LogP contribution >= 0.6 is 0 Å². The minimum absolute atomic E-state index is 0.707. The minimum Gasteiger partial charge on any atom is -0.344 e. The van der Waals surface area contributed by atoms with E-state index in [-0.39, 0.29) is 0 Å². The fourth-order valence-electron chi connectivity index (χ4n) is 7.90. The first-order valence-electron chi connectivity index (χ1n) is 13.9. The van der Waals surface area contributed by atoms with Crippen molar-refractivity contribution in [2.45, 2.75) is 156 Å². The lowest BCUT2D eigenvalue weighted by atomic mass is 10.1. The Morgan fingerprint density at radius 2 is 0.938 bits per heavy atom. The van der Waals surface area contributed by atoms with E-state index in [9.17, 15) is 0 Å². The van der Waals surface area contributed by atoms with Gasteiger partial charge in [-0.05, 0) is 71.9 Å². The fourth-order valence-corrected chi connectivity index (χ4v) is 28.1. The summed E-state index contributed by atoms with van der Waals surface area (Å²) >= 11 is 0. The average molecular weight is 483 g/mol. The highest BCUT2D eigenvalue weighted by atomic mass is 28.4. The standard InChI is InChI=1S/C28H62N2Si2/c1-21(2)20-28(15)29-18-16-17-19-30(31(22(3)4,23(5)6)24(7)8)32(25(9)10,26(11)12)27(13)14/h21-27H,16-20H2,1-15H3. The highest BCUT2D eigenvalue weighted by molar-refractivity contribution is 6.96. The Morgan fingerprint density at radius 3 is 1.22 bits per heavy atom. The number of hydrogen-bond acceptors (Lipinski definition) is 2. The molecule has 4 heteroatoms. The van der Waals surface area contributed by atoms with Crippen molar-refractivity contribution in [1.29, 1.82) is 0 Å². The van der Waals surface area contributed by atoms with Crippen LogP contribution in [-0.2, 0) is 0 Å². The van der Waals surface area contributed by atoms with Crippen LogP contribution in [0.2, 0.25) is 33.2 Å². The second-order valence-corrected chi connectivity index (χ2v) is 24.8. The topological polar surface area (TPSA) is 15.6 Å². The van der Waals surface area contributed by atoms with Crippen molar-refractivity contribution in [3.05, 3.63) is 0 Å². The third-order valence-corrected chi connectivity index (χ3v) is 24.1. The van der Waals surface area contributed by atoms with Crippen molar-refractivity contribution in [1.82, 2.24) is 4.23 Å². The second-order valence-electron chi connectivity index (χ2n) is 12.8. The minimum atomic E-state index is -1.73. The average Bonchev–Trinajstić information content (AvgIpc) is 2.59. The van der Waals surface area contributed by atoms with Gasteiger partial charge in [0.05, 0.1) is 0 Å². The molecule has 0 radical (unpaired) electrons. The molecule has 0 amide bonds. The third-order valence-electron chi connectivity index (χ3n) is 8.36. The zero-order chi connectivity index (χ0) is 25.4. The Hall–Kier alpha value is 0.0638. The van der Waals surface area contributed by atoms with Gasteiger partial charge in [-0.1, -0.05) is 96.9 Å². The molecule has 0 aromatic heterocycles. The van der Waals surface area contributed by atoms with Gasteiger partial charge >= 0.3 is 0 Å². The number of unbranched alkanes of at least 4 members (excludes halogenated alkanes) is 1. The Balaban J connectivity index is 6.27. The van der Waals surface area contributed by atoms with Crippen LogP contribution in [-0.4, -0.2) is 39.5 Å². The molecule has 0 aliphatic heterocycles. The highest BCUT2D eigenvalue weighted by Gasteiger charge is 2.58. The van der Waals surface area contributed by atoms with Crippen LogP contribution in [0.25, 0.3) is 0 Å². The number of hydrogen-bond donors (Lipinski definition) is 0. The quantitative estimate of drug-likeness (QED) is 0.129. The maximum Gasteiger partial charge on any atom is 0.129 e. The van der Waals surface area contributed by atoms with Gasteiger partial charge in [-0.25, -0.2) is 0 Å². The molecule has 0 bridgehead atoms. The smallest absolute Gasteiger partial charge is 0.129 e. The van der Waals surface area contributed by atoms with E-state index in [1.165, 1.54) is 25.1 Å². The first kappa shape index (κ1) is 32.1. The SMILES string of the molecule is CC(CC(C)C)=NCCCCN([Si](C(C)C)(C(C)C)C(C)C)[Si](C(C)C)(C(C)C)C(C)C. The Bertz CT molecular complexity index is 472. The first-order valence-corrected chi connectivity index (χ1v) is 18.2. The summed E-state index contributed by atoms with van der Waals surface area (Å²) in [6.07, 6.45) is 3.66. The molecule has 0 rings (SSSR count). The maximum absolute atomic E-state index is 4.92. The molecule has 0 aliphatic rings. The van der Waals surface area contributed by atoms with Crippen LogP contribution in [0.15, 0.2) is 4.99 Å². The molecule has 0 aliphatic carbocycles. The van der Waals surface area contributed by atoms with E-state index in [2.05, 4.69) is 108 Å². The molecule has 192 valence electrons. The molecule has 0 saturated heterocycles. The summed E-state index contributed by atoms with van der Waals surface area (Å²) in [5, 5.41) is 0. The van der Waals surface area contributed by atoms with E-state index in [1.807, 2.05) is 0 Å². The summed E-state index contributed by atoms with van der Waals surface area (Å²) in [6.45, 7) is 39.7. The highest BCUT2D eigenvalue weighted by Crippen LogP contribution is 2.53. The molecule has 0 atom stereocenters. The van der Waals surface area contributed by atoms with Crippen molar-refractivity contribution in [3.63, 3.8) is 0 Å². The van der Waals surface area contributed by atoms with Crippen molar-refractivity contribution >= 4 is 22.2 Å². The number of nitrogens with zero attached hydrogens (tertiary/aromatic N) is 2. The van der Waals surface area contributed by atoms with Crippen molar-refractivity contribution in [2.75, 3.05) is 13.1 Å². The zero-order valence-corrected chi connectivity index (χ0v) is 27.0. The molecule has 0 heterocycles. The lowest BCUT2D eigenvalue weighted by molar-refractivity contribution is 0.479. The van der Waals surface area contributed by atoms with Crippen LogP contribution in [0.4, 0.5) is 0 Å². The van der Waals surface area contributed by atoms with E-state index >= 15 is 0 Å². The zero-order valence-electron chi connectivity index (χ0n) is 25.0. The molecule has 0 aromatic carbocycles. The van der Waals surface area contributed by atoms with Gasteiger partial charge in [0.1, 0.15) is 16.5 Å². The Kier molecular flexibility index (Phi) is 13.9. The Morgan fingerprint density at radius 1 is 0.594 bits per heavy atom. The molecular formula is C28H62N2Si2. The normalized spacial score (nSPS) is 14.7. The van der Waals surface area contributed by atoms with E-state index in [1.54, 1.807) is 0 Å². The molecule has 0 spiro atoms. The molecule has 0 fully saturated rings. The summed E-state index contributed by atoms with van der Waals surface area (Å²) < 4.78 is 3.32. The van der Waals surface area contributed by atoms with E-state index in [0.29, 0.717) is 5.92 Å². The summed E-state index contributed by atoms with van der Waals surface area (Å²) in [5.74, 6) is 0.707. The van der Waals surface area contributed by atoms with Crippen LogP contribution in [0.5, 0.6) is 0 Å². The van der Waals surface area contributed by atoms with Crippen LogP contribution in [0.1, 0.15) is 123 Å². The molecule has 0 unspecified atom stereocenters. The maximum atomic E-state index is 4.92. The van der Waals surface area contributed by atoms with E-state index in [0.717, 1.165) is 46.2 Å². The predicted octanol–water partition coefficient (Wildman–Crippen LogP) is 9.93. The summed E-state index contributed by atoms with van der Waals surface area (Å²) in [6, 6.07) is 0. The molecule has 0 saturated carbocycles. The van der Waals surface area contributed by atoms with Gasteiger partial charge in [0.2, 0.25) is 0 Å². The summed E-state index contributed by atoms with van der Waals surface area (Å²) in [7, 11) is -3.45.